The molecule has 1 heterocycles. The lowest BCUT2D eigenvalue weighted by Gasteiger charge is -2.19. The van der Waals surface area contributed by atoms with E-state index in [9.17, 15) is 13.2 Å². The van der Waals surface area contributed by atoms with Gasteiger partial charge >= 0.3 is 6.18 Å². The number of hydrogen-bond acceptors (Lipinski definition) is 7. The van der Waals surface area contributed by atoms with Gasteiger partial charge in [0, 0.05) is 24.2 Å². The van der Waals surface area contributed by atoms with Gasteiger partial charge in [0.1, 0.15) is 18.2 Å². The van der Waals surface area contributed by atoms with Gasteiger partial charge in [0.25, 0.3) is 0 Å². The molecule has 172 valence electrons. The van der Waals surface area contributed by atoms with E-state index in [-0.39, 0.29) is 18.9 Å². The summed E-state index contributed by atoms with van der Waals surface area (Å²) in [7, 11) is -1.09. The molecule has 32 heavy (non-hydrogen) atoms. The number of nitrogens with zero attached hydrogens (tertiary/aromatic N) is 2. The lowest BCUT2D eigenvalue weighted by Crippen LogP contribution is -2.13. The summed E-state index contributed by atoms with van der Waals surface area (Å²) >= 11 is 0. The van der Waals surface area contributed by atoms with E-state index >= 15 is 0 Å². The number of aryl methyl sites for hydroxylation is 1. The summed E-state index contributed by atoms with van der Waals surface area (Å²) in [6.07, 6.45) is -4.53. The number of hydrogen-bond donors (Lipinski definition) is 2. The van der Waals surface area contributed by atoms with Crippen LogP contribution in [0.25, 0.3) is 10.9 Å². The van der Waals surface area contributed by atoms with Gasteiger partial charge in [0.05, 0.1) is 35.0 Å². The maximum absolute atomic E-state index is 13.2. The Morgan fingerprint density at radius 1 is 1.12 bits per heavy atom. The Hall–Kier alpha value is -3.27. The summed E-state index contributed by atoms with van der Waals surface area (Å²) in [5.41, 5.74) is 5.70. The smallest absolute Gasteiger partial charge is 0.416 e. The first-order valence-electron chi connectivity index (χ1n) is 11.1. The molecule has 0 radical (unpaired) electrons. The molecule has 0 aliphatic rings. The first-order chi connectivity index (χ1) is 16.3. The van der Waals surface area contributed by atoms with E-state index in [1.807, 2.05) is 0 Å². The summed E-state index contributed by atoms with van der Waals surface area (Å²) < 4.78 is 76.7. The van der Waals surface area contributed by atoms with Gasteiger partial charge in [-0.15, -0.1) is 0 Å². The third kappa shape index (κ3) is 5.31. The van der Waals surface area contributed by atoms with Gasteiger partial charge in [-0.1, -0.05) is 0 Å². The van der Waals surface area contributed by atoms with Crippen LogP contribution in [0.15, 0.2) is 30.3 Å². The molecule has 3 N–H and O–H groups in total. The minimum Gasteiger partial charge on any atom is -0.493 e. The molecule has 0 aliphatic heterocycles. The van der Waals surface area contributed by atoms with Crippen LogP contribution in [0.1, 0.15) is 34.0 Å². The molecule has 7 nitrogen and oxygen atoms in total. The third-order valence-electron chi connectivity index (χ3n) is 4.69. The van der Waals surface area contributed by atoms with Crippen molar-refractivity contribution < 1.29 is 31.5 Å². The highest BCUT2D eigenvalue weighted by molar-refractivity contribution is 5.92. The number of methoxy groups -OCH3 is 2. The molecule has 0 aliphatic carbocycles. The second kappa shape index (κ2) is 9.47. The fourth-order valence-electron chi connectivity index (χ4n) is 3.21. The highest BCUT2D eigenvalue weighted by atomic mass is 19.4. The average molecular weight is 453 g/mol. The Balaban J connectivity index is 1.94. The van der Waals surface area contributed by atoms with Crippen molar-refractivity contribution in [2.45, 2.75) is 26.1 Å². The number of nitrogens with one attached hydrogen (secondary N) is 1. The number of ether oxygens (including phenoxy) is 3. The van der Waals surface area contributed by atoms with Gasteiger partial charge in [0.15, 0.2) is 11.5 Å². The zero-order valence-electron chi connectivity index (χ0n) is 20.7. The van der Waals surface area contributed by atoms with Crippen molar-refractivity contribution in [1.29, 1.82) is 0 Å². The topological polar surface area (TPSA) is 91.5 Å². The molecule has 0 saturated heterocycles. The number of halogens is 3. The number of anilines is 2. The minimum atomic E-state index is -4.53. The van der Waals surface area contributed by atoms with E-state index in [1.165, 1.54) is 13.2 Å². The number of benzene rings is 2. The molecule has 3 rings (SSSR count). The normalized spacial score (nSPS) is 14.4. The Morgan fingerprint density at radius 3 is 2.59 bits per heavy atom. The van der Waals surface area contributed by atoms with Gasteiger partial charge in [-0.3, -0.25) is 0 Å². The fraction of sp³-hybridized carbons (Fsp3) is 0.364. The third-order valence-corrected chi connectivity index (χ3v) is 4.69. The second-order valence-electron chi connectivity index (χ2n) is 7.09. The number of rotatable bonds is 8. The van der Waals surface area contributed by atoms with Gasteiger partial charge in [-0.05, 0) is 43.7 Å². The Labute approximate surface area is 187 Å². The van der Waals surface area contributed by atoms with Gasteiger partial charge in [0.2, 0.25) is 0 Å². The molecule has 1 aromatic heterocycles. The summed E-state index contributed by atoms with van der Waals surface area (Å²) in [5, 5.41) is 3.65. The maximum Gasteiger partial charge on any atom is 0.416 e. The van der Waals surface area contributed by atoms with Crippen LogP contribution in [0.3, 0.4) is 0 Å². The highest BCUT2D eigenvalue weighted by Crippen LogP contribution is 2.36. The summed E-state index contributed by atoms with van der Waals surface area (Å²) in [6, 6.07) is 6.03. The molecule has 0 saturated carbocycles. The zero-order valence-corrected chi connectivity index (χ0v) is 17.7. The average Bonchev–Trinajstić information content (AvgIpc) is 2.74. The van der Waals surface area contributed by atoms with E-state index in [1.54, 1.807) is 26.0 Å². The monoisotopic (exact) mass is 453 g/mol. The second-order valence-corrected chi connectivity index (χ2v) is 7.09. The molecule has 0 amide bonds. The Morgan fingerprint density at radius 2 is 1.91 bits per heavy atom. The Bertz CT molecular complexity index is 1210. The molecule has 0 bridgehead atoms. The van der Waals surface area contributed by atoms with Gasteiger partial charge in [-0.2, -0.15) is 13.2 Å². The predicted molar refractivity (Wildman–Crippen MR) is 116 cm³/mol. The highest BCUT2D eigenvalue weighted by Gasteiger charge is 2.31. The molecule has 0 unspecified atom stereocenters. The van der Waals surface area contributed by atoms with E-state index in [4.69, 9.17) is 24.1 Å². The first-order valence-corrected chi connectivity index (χ1v) is 9.64. The van der Waals surface area contributed by atoms with E-state index < -0.39 is 24.8 Å². The van der Waals surface area contributed by atoms with E-state index in [0.29, 0.717) is 39.6 Å². The van der Waals surface area contributed by atoms with Crippen LogP contribution in [0.5, 0.6) is 11.5 Å². The van der Waals surface area contributed by atoms with Gasteiger partial charge < -0.3 is 25.3 Å². The molecular weight excluding hydrogens is 425 g/mol. The lowest BCUT2D eigenvalue weighted by atomic mass is 10.0. The summed E-state index contributed by atoms with van der Waals surface area (Å²) in [5.74, 6) is 1.44. The summed E-state index contributed by atoms with van der Waals surface area (Å²) in [4.78, 5) is 8.82. The van der Waals surface area contributed by atoms with E-state index in [2.05, 4.69) is 15.3 Å². The molecule has 10 heteroatoms. The van der Waals surface area contributed by atoms with Crippen molar-refractivity contribution in [2.24, 2.45) is 0 Å². The molecule has 3 aromatic rings. The van der Waals surface area contributed by atoms with Crippen molar-refractivity contribution in [2.75, 3.05) is 38.4 Å². The van der Waals surface area contributed by atoms with Crippen LogP contribution in [0.4, 0.5) is 24.7 Å². The van der Waals surface area contributed by atoms with Crippen LogP contribution in [0, 0.1) is 6.92 Å². The van der Waals surface area contributed by atoms with Crippen LogP contribution in [0.2, 0.25) is 0 Å². The standard InChI is InChI=1S/C22H25F3N4O3/c1-12(14-7-15(22(23,24)25)9-16(26)8-14)27-21-17-10-20(32-6-5-30-3)19(31-4)11-18(17)28-13(2)29-21/h7-12H,5-6,26H2,1-4H3,(H,27,28,29)/t12-/m1/s1/i3D3. The minimum absolute atomic E-state index is 0.00750. The van der Waals surface area contributed by atoms with Gasteiger partial charge in [-0.25, -0.2) is 9.97 Å². The van der Waals surface area contributed by atoms with Crippen LogP contribution in [-0.2, 0) is 10.9 Å². The van der Waals surface area contributed by atoms with Crippen molar-refractivity contribution in [3.8, 4) is 11.5 Å². The molecule has 1 atom stereocenters. The summed E-state index contributed by atoms with van der Waals surface area (Å²) in [6.45, 7) is 3.13. The number of nitrogen functional groups attached to an aromatic ring is 1. The first kappa shape index (κ1) is 19.4. The maximum atomic E-state index is 13.2. The molecular formula is C22H25F3N4O3. The number of nitrogens with two attached hydrogens (primary N) is 1. The number of fused-ring (bicyclic) bond motifs is 1. The number of aromatic nitrogens is 2. The molecule has 0 spiro atoms. The fourth-order valence-corrected chi connectivity index (χ4v) is 3.21. The van der Waals surface area contributed by atoms with E-state index in [0.717, 1.165) is 12.1 Å². The lowest BCUT2D eigenvalue weighted by molar-refractivity contribution is -0.137. The predicted octanol–water partition coefficient (Wildman–Crippen LogP) is 4.75. The van der Waals surface area contributed by atoms with Crippen molar-refractivity contribution in [3.63, 3.8) is 0 Å². The van der Waals surface area contributed by atoms with Crippen molar-refractivity contribution in [3.05, 3.63) is 47.3 Å². The quantitative estimate of drug-likeness (QED) is 0.376. The Kier molecular flexibility index (Phi) is 5.75. The van der Waals surface area contributed by atoms with Crippen LogP contribution >= 0.6 is 0 Å². The largest absolute Gasteiger partial charge is 0.493 e. The molecule has 0 fully saturated rings. The van der Waals surface area contributed by atoms with Crippen molar-refractivity contribution >= 4 is 22.4 Å². The molecule has 2 aromatic carbocycles. The SMILES string of the molecule is [2H]C([2H])([2H])OCCOc1cc2c(N[C@H](C)c3cc(N)cc(C(F)(F)F)c3)nc(C)nc2cc1OC. The van der Waals surface area contributed by atoms with Crippen LogP contribution in [-0.4, -0.2) is 37.3 Å². The number of alkyl halides is 3. The van der Waals surface area contributed by atoms with Crippen molar-refractivity contribution in [1.82, 2.24) is 9.97 Å². The zero-order chi connectivity index (χ0) is 26.0. The van der Waals surface area contributed by atoms with Crippen LogP contribution < -0.4 is 20.5 Å².